The molecule has 6 heteroatoms. The summed E-state index contributed by atoms with van der Waals surface area (Å²) in [5.41, 5.74) is 1.08. The number of aryl methyl sites for hydroxylation is 2. The third kappa shape index (κ3) is 2.33. The van der Waals surface area contributed by atoms with E-state index >= 15 is 0 Å². The summed E-state index contributed by atoms with van der Waals surface area (Å²) in [5, 5.41) is 18.9. The normalized spacial score (nSPS) is 10.4. The second kappa shape index (κ2) is 4.69. The van der Waals surface area contributed by atoms with Crippen LogP contribution in [0.25, 0.3) is 0 Å². The molecule has 2 aromatic rings. The summed E-state index contributed by atoms with van der Waals surface area (Å²) in [4.78, 5) is 0. The van der Waals surface area contributed by atoms with E-state index in [2.05, 4.69) is 32.6 Å². The summed E-state index contributed by atoms with van der Waals surface area (Å²) in [7, 11) is 0. The van der Waals surface area contributed by atoms with Crippen molar-refractivity contribution < 1.29 is 0 Å². The van der Waals surface area contributed by atoms with Crippen LogP contribution in [-0.4, -0.2) is 25.0 Å². The highest BCUT2D eigenvalue weighted by atomic mass is 15.3. The molecule has 0 saturated carbocycles. The van der Waals surface area contributed by atoms with E-state index in [0.717, 1.165) is 23.8 Å². The molecule has 16 heavy (non-hydrogen) atoms. The fraction of sp³-hybridized carbons (Fsp3) is 0.400. The first kappa shape index (κ1) is 10.5. The topological polar surface area (TPSA) is 68.5 Å². The van der Waals surface area contributed by atoms with Gasteiger partial charge in [0.2, 0.25) is 0 Å². The van der Waals surface area contributed by atoms with Gasteiger partial charge in [-0.15, -0.1) is 15.3 Å². The molecule has 2 rings (SSSR count). The average molecular weight is 218 g/mol. The SMILES string of the molecule is CCn1cnnc1CNc1cc(C)cnn1. The minimum Gasteiger partial charge on any atom is -0.361 e. The molecule has 2 heterocycles. The highest BCUT2D eigenvalue weighted by Crippen LogP contribution is 2.05. The van der Waals surface area contributed by atoms with Gasteiger partial charge in [0.1, 0.15) is 12.1 Å². The van der Waals surface area contributed by atoms with Crippen LogP contribution in [-0.2, 0) is 13.1 Å². The third-order valence-corrected chi connectivity index (χ3v) is 2.26. The Bertz CT molecular complexity index is 464. The lowest BCUT2D eigenvalue weighted by Gasteiger charge is -2.05. The van der Waals surface area contributed by atoms with Gasteiger partial charge in [0.15, 0.2) is 5.82 Å². The summed E-state index contributed by atoms with van der Waals surface area (Å²) < 4.78 is 1.98. The van der Waals surface area contributed by atoms with Gasteiger partial charge in [-0.3, -0.25) is 0 Å². The smallest absolute Gasteiger partial charge is 0.152 e. The van der Waals surface area contributed by atoms with Gasteiger partial charge in [-0.1, -0.05) is 0 Å². The quantitative estimate of drug-likeness (QED) is 0.829. The van der Waals surface area contributed by atoms with Gasteiger partial charge in [0.05, 0.1) is 12.7 Å². The standard InChI is InChI=1S/C10H14N6/c1-3-16-7-13-15-10(16)6-11-9-4-8(2)5-12-14-9/h4-5,7H,3,6H2,1-2H3,(H,11,14). The van der Waals surface area contributed by atoms with Crippen molar-refractivity contribution in [1.29, 1.82) is 0 Å². The van der Waals surface area contributed by atoms with Crippen LogP contribution >= 0.6 is 0 Å². The van der Waals surface area contributed by atoms with Gasteiger partial charge in [0, 0.05) is 6.54 Å². The van der Waals surface area contributed by atoms with E-state index in [1.54, 1.807) is 12.5 Å². The summed E-state index contributed by atoms with van der Waals surface area (Å²) in [6.07, 6.45) is 3.44. The molecule has 6 nitrogen and oxygen atoms in total. The van der Waals surface area contributed by atoms with Crippen LogP contribution < -0.4 is 5.32 Å². The first-order valence-corrected chi connectivity index (χ1v) is 5.19. The Labute approximate surface area is 93.7 Å². The molecular weight excluding hydrogens is 204 g/mol. The molecule has 0 aliphatic heterocycles. The number of nitrogens with zero attached hydrogens (tertiary/aromatic N) is 5. The van der Waals surface area contributed by atoms with Crippen LogP contribution in [0.3, 0.4) is 0 Å². The van der Waals surface area contributed by atoms with Gasteiger partial charge in [-0.05, 0) is 25.5 Å². The number of anilines is 1. The molecule has 0 amide bonds. The van der Waals surface area contributed by atoms with E-state index in [0.29, 0.717) is 6.54 Å². The van der Waals surface area contributed by atoms with Gasteiger partial charge in [-0.2, -0.15) is 5.10 Å². The van der Waals surface area contributed by atoms with Crippen LogP contribution in [0.15, 0.2) is 18.6 Å². The lowest BCUT2D eigenvalue weighted by atomic mass is 10.3. The summed E-state index contributed by atoms with van der Waals surface area (Å²) in [6.45, 7) is 5.50. The highest BCUT2D eigenvalue weighted by molar-refractivity contribution is 5.35. The van der Waals surface area contributed by atoms with Crippen LogP contribution in [0.4, 0.5) is 5.82 Å². The number of rotatable bonds is 4. The Hall–Kier alpha value is -1.98. The van der Waals surface area contributed by atoms with Crippen molar-refractivity contribution in [2.45, 2.75) is 26.9 Å². The fourth-order valence-electron chi connectivity index (χ4n) is 1.40. The average Bonchev–Trinajstić information content (AvgIpc) is 2.74. The Morgan fingerprint density at radius 3 is 2.94 bits per heavy atom. The highest BCUT2D eigenvalue weighted by Gasteiger charge is 2.02. The molecule has 2 aromatic heterocycles. The molecule has 0 bridgehead atoms. The fourth-order valence-corrected chi connectivity index (χ4v) is 1.40. The van der Waals surface area contributed by atoms with Crippen LogP contribution in [0, 0.1) is 6.92 Å². The van der Waals surface area contributed by atoms with Gasteiger partial charge in [-0.25, -0.2) is 0 Å². The molecule has 1 N–H and O–H groups in total. The van der Waals surface area contributed by atoms with Gasteiger partial charge >= 0.3 is 0 Å². The molecule has 0 fully saturated rings. The van der Waals surface area contributed by atoms with E-state index < -0.39 is 0 Å². The van der Waals surface area contributed by atoms with Crippen molar-refractivity contribution in [3.8, 4) is 0 Å². The van der Waals surface area contributed by atoms with Gasteiger partial charge < -0.3 is 9.88 Å². The zero-order chi connectivity index (χ0) is 11.4. The zero-order valence-electron chi connectivity index (χ0n) is 9.38. The third-order valence-electron chi connectivity index (χ3n) is 2.26. The summed E-state index contributed by atoms with van der Waals surface area (Å²) in [5.74, 6) is 1.65. The van der Waals surface area contributed by atoms with Crippen molar-refractivity contribution >= 4 is 5.82 Å². The summed E-state index contributed by atoms with van der Waals surface area (Å²) >= 11 is 0. The van der Waals surface area contributed by atoms with Crippen molar-refractivity contribution in [3.63, 3.8) is 0 Å². The second-order valence-corrected chi connectivity index (χ2v) is 3.50. The van der Waals surface area contributed by atoms with Crippen LogP contribution in [0.1, 0.15) is 18.3 Å². The van der Waals surface area contributed by atoms with E-state index in [9.17, 15) is 0 Å². The molecule has 0 saturated heterocycles. The molecular formula is C10H14N6. The molecule has 0 unspecified atom stereocenters. The largest absolute Gasteiger partial charge is 0.361 e. The molecule has 0 aromatic carbocycles. The zero-order valence-corrected chi connectivity index (χ0v) is 9.38. The van der Waals surface area contributed by atoms with Gasteiger partial charge in [0.25, 0.3) is 0 Å². The second-order valence-electron chi connectivity index (χ2n) is 3.50. The summed E-state index contributed by atoms with van der Waals surface area (Å²) in [6, 6.07) is 1.94. The Morgan fingerprint density at radius 1 is 1.31 bits per heavy atom. The lowest BCUT2D eigenvalue weighted by molar-refractivity contribution is 0.706. The van der Waals surface area contributed by atoms with E-state index in [4.69, 9.17) is 0 Å². The Balaban J connectivity index is 2.02. The minimum absolute atomic E-state index is 0.603. The van der Waals surface area contributed by atoms with Crippen LogP contribution in [0.5, 0.6) is 0 Å². The maximum atomic E-state index is 4.03. The first-order valence-electron chi connectivity index (χ1n) is 5.19. The molecule has 0 aliphatic carbocycles. The molecule has 0 spiro atoms. The Morgan fingerprint density at radius 2 is 2.19 bits per heavy atom. The van der Waals surface area contributed by atoms with E-state index in [1.807, 2.05) is 17.6 Å². The van der Waals surface area contributed by atoms with Crippen molar-refractivity contribution in [2.75, 3.05) is 5.32 Å². The number of aromatic nitrogens is 5. The number of hydrogen-bond acceptors (Lipinski definition) is 5. The van der Waals surface area contributed by atoms with Crippen molar-refractivity contribution in [2.24, 2.45) is 0 Å². The predicted octanol–water partition coefficient (Wildman–Crippen LogP) is 1.01. The molecule has 0 atom stereocenters. The molecule has 84 valence electrons. The van der Waals surface area contributed by atoms with Crippen molar-refractivity contribution in [3.05, 3.63) is 30.0 Å². The van der Waals surface area contributed by atoms with Crippen LogP contribution in [0.2, 0.25) is 0 Å². The predicted molar refractivity (Wildman–Crippen MR) is 59.8 cm³/mol. The molecule has 0 radical (unpaired) electrons. The first-order chi connectivity index (χ1) is 7.79. The maximum Gasteiger partial charge on any atom is 0.152 e. The van der Waals surface area contributed by atoms with E-state index in [1.165, 1.54) is 0 Å². The van der Waals surface area contributed by atoms with Crippen molar-refractivity contribution in [1.82, 2.24) is 25.0 Å². The lowest BCUT2D eigenvalue weighted by Crippen LogP contribution is -2.08. The number of nitrogens with one attached hydrogen (secondary N) is 1. The maximum absolute atomic E-state index is 4.03. The molecule has 0 aliphatic rings. The number of hydrogen-bond donors (Lipinski definition) is 1. The van der Waals surface area contributed by atoms with E-state index in [-0.39, 0.29) is 0 Å². The Kier molecular flexibility index (Phi) is 3.09. The monoisotopic (exact) mass is 218 g/mol. The minimum atomic E-state index is 0.603.